The Bertz CT molecular complexity index is 536. The Morgan fingerprint density at radius 1 is 1.44 bits per heavy atom. The summed E-state index contributed by atoms with van der Waals surface area (Å²) in [6.07, 6.45) is 2.23. The van der Waals surface area contributed by atoms with Gasteiger partial charge >= 0.3 is 0 Å². The maximum absolute atomic E-state index is 12.3. The van der Waals surface area contributed by atoms with Gasteiger partial charge in [0.25, 0.3) is 0 Å². The monoisotopic (exact) mass is 268 g/mol. The quantitative estimate of drug-likeness (QED) is 0.850. The molecule has 4 nitrogen and oxygen atoms in total. The Morgan fingerprint density at radius 2 is 2.11 bits per heavy atom. The Balaban J connectivity index is 2.27. The van der Waals surface area contributed by atoms with Gasteiger partial charge in [-0.25, -0.2) is 13.1 Å². The summed E-state index contributed by atoms with van der Waals surface area (Å²) in [4.78, 5) is 0.345. The maximum Gasteiger partial charge on any atom is 0.241 e. The average Bonchev–Trinajstić information content (AvgIpc) is 3.12. The van der Waals surface area contributed by atoms with E-state index in [2.05, 4.69) is 4.72 Å². The van der Waals surface area contributed by atoms with Crippen molar-refractivity contribution in [1.29, 1.82) is 0 Å². The fourth-order valence-corrected chi connectivity index (χ4v) is 3.67. The molecule has 100 valence electrons. The zero-order chi connectivity index (χ0) is 13.3. The molecule has 0 amide bonds. The Morgan fingerprint density at radius 3 is 2.67 bits per heavy atom. The molecule has 0 saturated heterocycles. The molecule has 0 radical (unpaired) electrons. The van der Waals surface area contributed by atoms with Gasteiger partial charge in [-0.15, -0.1) is 0 Å². The summed E-state index contributed by atoms with van der Waals surface area (Å²) in [5.74, 6) is 0.498. The van der Waals surface area contributed by atoms with E-state index in [1.807, 2.05) is 13.0 Å². The van der Waals surface area contributed by atoms with Gasteiger partial charge in [-0.05, 0) is 49.8 Å². The number of nitrogens with two attached hydrogens (primary N) is 1. The van der Waals surface area contributed by atoms with E-state index < -0.39 is 10.0 Å². The highest BCUT2D eigenvalue weighted by atomic mass is 32.2. The van der Waals surface area contributed by atoms with Gasteiger partial charge in [0, 0.05) is 12.6 Å². The van der Waals surface area contributed by atoms with Crippen molar-refractivity contribution >= 4 is 10.0 Å². The summed E-state index contributed by atoms with van der Waals surface area (Å²) in [5, 5.41) is 0. The highest BCUT2D eigenvalue weighted by molar-refractivity contribution is 7.89. The molecule has 1 atom stereocenters. The van der Waals surface area contributed by atoms with Crippen molar-refractivity contribution in [2.45, 2.75) is 44.2 Å². The molecule has 1 saturated carbocycles. The SMILES string of the molecule is Cc1ccc(CN)cc1S(=O)(=O)NC(C)C1CC1. The lowest BCUT2D eigenvalue weighted by atomic mass is 10.1. The zero-order valence-electron chi connectivity index (χ0n) is 10.8. The van der Waals surface area contributed by atoms with E-state index in [0.29, 0.717) is 17.4 Å². The van der Waals surface area contributed by atoms with Crippen LogP contribution >= 0.6 is 0 Å². The van der Waals surface area contributed by atoms with Crippen molar-refractivity contribution in [1.82, 2.24) is 4.72 Å². The van der Waals surface area contributed by atoms with Crippen LogP contribution < -0.4 is 10.5 Å². The van der Waals surface area contributed by atoms with Gasteiger partial charge in [0.05, 0.1) is 4.90 Å². The van der Waals surface area contributed by atoms with Crippen molar-refractivity contribution < 1.29 is 8.42 Å². The lowest BCUT2D eigenvalue weighted by Gasteiger charge is -2.15. The Labute approximate surface area is 109 Å². The van der Waals surface area contributed by atoms with E-state index in [0.717, 1.165) is 24.0 Å². The van der Waals surface area contributed by atoms with Crippen LogP contribution in [0.1, 0.15) is 30.9 Å². The van der Waals surface area contributed by atoms with Gasteiger partial charge in [-0.3, -0.25) is 0 Å². The van der Waals surface area contributed by atoms with E-state index in [1.54, 1.807) is 19.1 Å². The fourth-order valence-electron chi connectivity index (χ4n) is 2.06. The minimum atomic E-state index is -3.43. The molecule has 1 aliphatic carbocycles. The lowest BCUT2D eigenvalue weighted by molar-refractivity contribution is 0.537. The van der Waals surface area contributed by atoms with Gasteiger partial charge in [0.15, 0.2) is 0 Å². The minimum Gasteiger partial charge on any atom is -0.326 e. The van der Waals surface area contributed by atoms with Crippen molar-refractivity contribution in [2.75, 3.05) is 0 Å². The van der Waals surface area contributed by atoms with Crippen LogP contribution in [0.5, 0.6) is 0 Å². The van der Waals surface area contributed by atoms with Crippen LogP contribution in [0.2, 0.25) is 0 Å². The van der Waals surface area contributed by atoms with Crippen molar-refractivity contribution in [3.05, 3.63) is 29.3 Å². The first-order valence-corrected chi connectivity index (χ1v) is 7.74. The molecule has 0 heterocycles. The smallest absolute Gasteiger partial charge is 0.241 e. The molecule has 0 aliphatic heterocycles. The summed E-state index contributed by atoms with van der Waals surface area (Å²) < 4.78 is 27.4. The summed E-state index contributed by atoms with van der Waals surface area (Å²) in [7, 11) is -3.43. The maximum atomic E-state index is 12.3. The fraction of sp³-hybridized carbons (Fsp3) is 0.538. The predicted octanol–water partition coefficient (Wildman–Crippen LogP) is 1.53. The highest BCUT2D eigenvalue weighted by Gasteiger charge is 2.31. The van der Waals surface area contributed by atoms with Crippen LogP contribution in [0.4, 0.5) is 0 Å². The highest BCUT2D eigenvalue weighted by Crippen LogP contribution is 2.33. The normalized spacial score (nSPS) is 17.7. The third kappa shape index (κ3) is 2.91. The van der Waals surface area contributed by atoms with E-state index >= 15 is 0 Å². The molecular formula is C13H20N2O2S. The second-order valence-electron chi connectivity index (χ2n) is 5.05. The van der Waals surface area contributed by atoms with Crippen LogP contribution in [0.15, 0.2) is 23.1 Å². The number of hydrogen-bond donors (Lipinski definition) is 2. The molecular weight excluding hydrogens is 248 g/mol. The number of benzene rings is 1. The molecule has 2 rings (SSSR count). The Hall–Kier alpha value is -0.910. The third-order valence-electron chi connectivity index (χ3n) is 3.45. The second kappa shape index (κ2) is 4.99. The van der Waals surface area contributed by atoms with E-state index in [-0.39, 0.29) is 6.04 Å². The molecule has 18 heavy (non-hydrogen) atoms. The summed E-state index contributed by atoms with van der Waals surface area (Å²) in [6.45, 7) is 4.08. The van der Waals surface area contributed by atoms with Gasteiger partial charge in [-0.1, -0.05) is 12.1 Å². The van der Waals surface area contributed by atoms with Crippen LogP contribution in [-0.2, 0) is 16.6 Å². The molecule has 1 fully saturated rings. The lowest BCUT2D eigenvalue weighted by Crippen LogP contribution is -2.34. The first kappa shape index (κ1) is 13.5. The van der Waals surface area contributed by atoms with Crippen molar-refractivity contribution in [3.63, 3.8) is 0 Å². The van der Waals surface area contributed by atoms with Crippen LogP contribution in [0.25, 0.3) is 0 Å². The summed E-state index contributed by atoms with van der Waals surface area (Å²) >= 11 is 0. The van der Waals surface area contributed by atoms with Gasteiger partial charge < -0.3 is 5.73 Å². The van der Waals surface area contributed by atoms with Gasteiger partial charge in [0.1, 0.15) is 0 Å². The summed E-state index contributed by atoms with van der Waals surface area (Å²) in [5.41, 5.74) is 7.14. The molecule has 0 bridgehead atoms. The number of nitrogens with one attached hydrogen (secondary N) is 1. The molecule has 1 aromatic rings. The van der Waals surface area contributed by atoms with Crippen molar-refractivity contribution in [2.24, 2.45) is 11.7 Å². The molecule has 1 unspecified atom stereocenters. The van der Waals surface area contributed by atoms with E-state index in [9.17, 15) is 8.42 Å². The topological polar surface area (TPSA) is 72.2 Å². The largest absolute Gasteiger partial charge is 0.326 e. The standard InChI is InChI=1S/C13H20N2O2S/c1-9-3-4-11(8-14)7-13(9)18(16,17)15-10(2)12-5-6-12/h3-4,7,10,12,15H,5-6,8,14H2,1-2H3. The number of rotatable bonds is 5. The van der Waals surface area contributed by atoms with Crippen LogP contribution in [-0.4, -0.2) is 14.5 Å². The predicted molar refractivity (Wildman–Crippen MR) is 71.6 cm³/mol. The van der Waals surface area contributed by atoms with Crippen LogP contribution in [0.3, 0.4) is 0 Å². The summed E-state index contributed by atoms with van der Waals surface area (Å²) in [6, 6.07) is 5.34. The van der Waals surface area contributed by atoms with Crippen molar-refractivity contribution in [3.8, 4) is 0 Å². The Kier molecular flexibility index (Phi) is 3.75. The second-order valence-corrected chi connectivity index (χ2v) is 6.73. The third-order valence-corrected chi connectivity index (χ3v) is 5.15. The van der Waals surface area contributed by atoms with E-state index in [4.69, 9.17) is 5.73 Å². The van der Waals surface area contributed by atoms with Gasteiger partial charge in [-0.2, -0.15) is 0 Å². The number of hydrogen-bond acceptors (Lipinski definition) is 3. The molecule has 1 aromatic carbocycles. The number of sulfonamides is 1. The molecule has 3 N–H and O–H groups in total. The first-order valence-electron chi connectivity index (χ1n) is 6.26. The number of aryl methyl sites for hydroxylation is 1. The molecule has 0 spiro atoms. The zero-order valence-corrected chi connectivity index (χ0v) is 11.6. The van der Waals surface area contributed by atoms with Gasteiger partial charge in [0.2, 0.25) is 10.0 Å². The van der Waals surface area contributed by atoms with E-state index in [1.165, 1.54) is 0 Å². The molecule has 0 aromatic heterocycles. The minimum absolute atomic E-state index is 0.0101. The molecule has 1 aliphatic rings. The first-order chi connectivity index (χ1) is 8.44. The average molecular weight is 268 g/mol. The molecule has 5 heteroatoms. The van der Waals surface area contributed by atoms with Crippen LogP contribution in [0, 0.1) is 12.8 Å².